The van der Waals surface area contributed by atoms with Gasteiger partial charge in [-0.25, -0.2) is 13.2 Å². The minimum absolute atomic E-state index is 0.0276. The van der Waals surface area contributed by atoms with Gasteiger partial charge in [-0.3, -0.25) is 0 Å². The first kappa shape index (κ1) is 21.5. The van der Waals surface area contributed by atoms with Gasteiger partial charge >= 0.3 is 6.03 Å². The summed E-state index contributed by atoms with van der Waals surface area (Å²) in [6, 6.07) is 5.48. The summed E-state index contributed by atoms with van der Waals surface area (Å²) in [6.07, 6.45) is 1.15. The zero-order valence-corrected chi connectivity index (χ0v) is 17.2. The predicted molar refractivity (Wildman–Crippen MR) is 105 cm³/mol. The number of urea groups is 1. The Hall–Kier alpha value is -1.80. The summed E-state index contributed by atoms with van der Waals surface area (Å²) in [7, 11) is -1.49. The minimum Gasteiger partial charge on any atom is -0.493 e. The Morgan fingerprint density at radius 3 is 2.56 bits per heavy atom. The van der Waals surface area contributed by atoms with Crippen molar-refractivity contribution in [1.29, 1.82) is 0 Å². The maximum atomic E-state index is 12.5. The van der Waals surface area contributed by atoms with Crippen LogP contribution in [0.2, 0.25) is 0 Å². The van der Waals surface area contributed by atoms with Crippen molar-refractivity contribution in [1.82, 2.24) is 10.2 Å². The highest BCUT2D eigenvalue weighted by Crippen LogP contribution is 2.22. The second-order valence-electron chi connectivity index (χ2n) is 6.90. The number of hydrogen-bond donors (Lipinski definition) is 1. The lowest BCUT2D eigenvalue weighted by Gasteiger charge is -2.28. The van der Waals surface area contributed by atoms with E-state index < -0.39 is 9.84 Å². The highest BCUT2D eigenvalue weighted by molar-refractivity contribution is 7.91. The molecule has 1 aliphatic heterocycles. The van der Waals surface area contributed by atoms with Gasteiger partial charge in [0.1, 0.15) is 5.75 Å². The fourth-order valence-electron chi connectivity index (χ4n) is 3.23. The molecule has 1 fully saturated rings. The number of hydrogen-bond acceptors (Lipinski definition) is 5. The number of nitrogens with one attached hydrogen (secondary N) is 1. The highest BCUT2D eigenvalue weighted by Gasteiger charge is 2.34. The Kier molecular flexibility index (Phi) is 7.91. The zero-order chi connectivity index (χ0) is 19.9. The fourth-order valence-corrected chi connectivity index (χ4v) is 4.96. The van der Waals surface area contributed by atoms with E-state index in [2.05, 4.69) is 5.32 Å². The van der Waals surface area contributed by atoms with Gasteiger partial charge in [0.05, 0.1) is 24.7 Å². The van der Waals surface area contributed by atoms with Gasteiger partial charge in [-0.2, -0.15) is 0 Å². The van der Waals surface area contributed by atoms with Crippen molar-refractivity contribution < 1.29 is 22.7 Å². The van der Waals surface area contributed by atoms with Crippen LogP contribution in [0.25, 0.3) is 0 Å². The lowest BCUT2D eigenvalue weighted by molar-refractivity contribution is 0.133. The van der Waals surface area contributed by atoms with Gasteiger partial charge in [0.15, 0.2) is 9.84 Å². The molecule has 1 N–H and O–H groups in total. The number of amides is 2. The third kappa shape index (κ3) is 6.39. The molecular formula is C19H30N2O5S. The van der Waals surface area contributed by atoms with E-state index in [-0.39, 0.29) is 23.6 Å². The quantitative estimate of drug-likeness (QED) is 0.643. The summed E-state index contributed by atoms with van der Waals surface area (Å²) in [4.78, 5) is 14.1. The largest absolute Gasteiger partial charge is 0.493 e. The molecule has 0 spiro atoms. The third-order valence-electron chi connectivity index (χ3n) is 4.70. The van der Waals surface area contributed by atoms with Crippen LogP contribution in [0.4, 0.5) is 4.79 Å². The van der Waals surface area contributed by atoms with Crippen LogP contribution in [0.3, 0.4) is 0 Å². The molecule has 1 atom stereocenters. The standard InChI is InChI=1S/C19H30N2O5S/c1-15-6-4-7-16(2)18(15)26-11-5-9-20-19(22)21(10-12-25-3)17-8-13-27(23,24)14-17/h4,6-7,17H,5,8-14H2,1-3H3,(H,20,22). The lowest BCUT2D eigenvalue weighted by Crippen LogP contribution is -2.48. The summed E-state index contributed by atoms with van der Waals surface area (Å²) < 4.78 is 34.3. The van der Waals surface area contributed by atoms with Crippen LogP contribution in [-0.2, 0) is 14.6 Å². The molecule has 0 aliphatic carbocycles. The normalized spacial score (nSPS) is 18.3. The monoisotopic (exact) mass is 398 g/mol. The number of methoxy groups -OCH3 is 1. The Labute approximate surface area is 161 Å². The van der Waals surface area contributed by atoms with E-state index >= 15 is 0 Å². The van der Waals surface area contributed by atoms with Crippen molar-refractivity contribution in [2.24, 2.45) is 0 Å². The average molecular weight is 399 g/mol. The van der Waals surface area contributed by atoms with E-state index in [1.807, 2.05) is 32.0 Å². The van der Waals surface area contributed by atoms with Crippen molar-refractivity contribution in [2.75, 3.05) is 44.9 Å². The van der Waals surface area contributed by atoms with Crippen LogP contribution >= 0.6 is 0 Å². The molecule has 1 aromatic carbocycles. The molecular weight excluding hydrogens is 368 g/mol. The first-order chi connectivity index (χ1) is 12.8. The molecule has 1 aromatic rings. The molecule has 8 heteroatoms. The van der Waals surface area contributed by atoms with Gasteiger partial charge in [-0.1, -0.05) is 18.2 Å². The summed E-state index contributed by atoms with van der Waals surface area (Å²) in [5, 5.41) is 2.87. The Morgan fingerprint density at radius 2 is 1.96 bits per heavy atom. The summed E-state index contributed by atoms with van der Waals surface area (Å²) in [5.74, 6) is 1.06. The van der Waals surface area contributed by atoms with Crippen molar-refractivity contribution in [3.63, 3.8) is 0 Å². The Bertz CT molecular complexity index is 715. The smallest absolute Gasteiger partial charge is 0.317 e. The van der Waals surface area contributed by atoms with Crippen molar-refractivity contribution >= 4 is 15.9 Å². The van der Waals surface area contributed by atoms with Crippen LogP contribution in [0.15, 0.2) is 18.2 Å². The molecule has 27 heavy (non-hydrogen) atoms. The second kappa shape index (κ2) is 9.94. The molecule has 7 nitrogen and oxygen atoms in total. The van der Waals surface area contributed by atoms with Crippen molar-refractivity contribution in [3.8, 4) is 5.75 Å². The number of aryl methyl sites for hydroxylation is 2. The maximum absolute atomic E-state index is 12.5. The number of ether oxygens (including phenoxy) is 2. The van der Waals surface area contributed by atoms with Crippen LogP contribution < -0.4 is 10.1 Å². The predicted octanol–water partition coefficient (Wildman–Crippen LogP) is 1.92. The molecule has 2 rings (SSSR count). The number of carbonyl (C=O) groups is 1. The summed E-state index contributed by atoms with van der Waals surface area (Å²) in [6.45, 7) is 5.73. The fraction of sp³-hybridized carbons (Fsp3) is 0.632. The number of rotatable bonds is 9. The summed E-state index contributed by atoms with van der Waals surface area (Å²) in [5.41, 5.74) is 2.18. The van der Waals surface area contributed by atoms with Crippen LogP contribution in [0, 0.1) is 13.8 Å². The van der Waals surface area contributed by atoms with Crippen LogP contribution in [0.1, 0.15) is 24.0 Å². The van der Waals surface area contributed by atoms with E-state index in [1.54, 1.807) is 12.0 Å². The second-order valence-corrected chi connectivity index (χ2v) is 9.13. The van der Waals surface area contributed by atoms with Gasteiger partial charge in [-0.15, -0.1) is 0 Å². The molecule has 0 radical (unpaired) electrons. The van der Waals surface area contributed by atoms with Crippen molar-refractivity contribution in [2.45, 2.75) is 32.7 Å². The first-order valence-electron chi connectivity index (χ1n) is 9.27. The molecule has 1 saturated heterocycles. The van der Waals surface area contributed by atoms with Crippen molar-refractivity contribution in [3.05, 3.63) is 29.3 Å². The van der Waals surface area contributed by atoms with E-state index in [0.29, 0.717) is 39.1 Å². The number of sulfone groups is 1. The summed E-state index contributed by atoms with van der Waals surface area (Å²) >= 11 is 0. The van der Waals surface area contributed by atoms with E-state index in [4.69, 9.17) is 9.47 Å². The molecule has 1 heterocycles. The number of nitrogens with zero attached hydrogens (tertiary/aromatic N) is 1. The Balaban J connectivity index is 1.79. The topological polar surface area (TPSA) is 84.9 Å². The molecule has 0 bridgehead atoms. The first-order valence-corrected chi connectivity index (χ1v) is 11.1. The maximum Gasteiger partial charge on any atom is 0.317 e. The van der Waals surface area contributed by atoms with E-state index in [1.165, 1.54) is 0 Å². The van der Waals surface area contributed by atoms with Gasteiger partial charge in [0.2, 0.25) is 0 Å². The molecule has 1 unspecified atom stereocenters. The van der Waals surface area contributed by atoms with Crippen LogP contribution in [0.5, 0.6) is 5.75 Å². The van der Waals surface area contributed by atoms with Gasteiger partial charge in [0.25, 0.3) is 0 Å². The number of para-hydroxylation sites is 1. The SMILES string of the molecule is COCCN(C(=O)NCCCOc1c(C)cccc1C)C1CCS(=O)(=O)C1. The van der Waals surface area contributed by atoms with Gasteiger partial charge in [0, 0.05) is 26.2 Å². The Morgan fingerprint density at radius 1 is 1.26 bits per heavy atom. The molecule has 152 valence electrons. The lowest BCUT2D eigenvalue weighted by atomic mass is 10.1. The highest BCUT2D eigenvalue weighted by atomic mass is 32.2. The molecule has 0 saturated carbocycles. The van der Waals surface area contributed by atoms with Gasteiger partial charge < -0.3 is 19.7 Å². The molecule has 2 amide bonds. The number of carbonyl (C=O) groups excluding carboxylic acids is 1. The van der Waals surface area contributed by atoms with E-state index in [9.17, 15) is 13.2 Å². The zero-order valence-electron chi connectivity index (χ0n) is 16.4. The minimum atomic E-state index is -3.05. The molecule has 0 aromatic heterocycles. The average Bonchev–Trinajstić information content (AvgIpc) is 2.97. The molecule has 1 aliphatic rings. The third-order valence-corrected chi connectivity index (χ3v) is 6.45. The van der Waals surface area contributed by atoms with Crippen LogP contribution in [-0.4, -0.2) is 70.3 Å². The van der Waals surface area contributed by atoms with E-state index in [0.717, 1.165) is 16.9 Å². The number of benzene rings is 1. The van der Waals surface area contributed by atoms with Gasteiger partial charge in [-0.05, 0) is 37.8 Å².